The average molecular weight is 199 g/mol. The monoisotopic (exact) mass is 199 g/mol. The van der Waals surface area contributed by atoms with Crippen LogP contribution in [0, 0.1) is 0 Å². The van der Waals surface area contributed by atoms with Crippen LogP contribution in [0.15, 0.2) is 0 Å². The lowest BCUT2D eigenvalue weighted by molar-refractivity contribution is -0.133. The van der Waals surface area contributed by atoms with E-state index >= 15 is 0 Å². The molecule has 0 aromatic rings. The standard InChI is InChI=1S/C10H21N3O/c1-3-12-7-9(11)10(14)13-6-4-5-8(13)2/h8-9,12H,3-7,11H2,1-2H3/t8-,9?/m1/s1. The van der Waals surface area contributed by atoms with E-state index in [0.717, 1.165) is 25.9 Å². The Hall–Kier alpha value is -0.610. The van der Waals surface area contributed by atoms with Crippen LogP contribution in [0.1, 0.15) is 26.7 Å². The predicted octanol–water partition coefficient (Wildman–Crippen LogP) is -0.0659. The lowest BCUT2D eigenvalue weighted by Crippen LogP contribution is -2.49. The van der Waals surface area contributed by atoms with Gasteiger partial charge in [-0.3, -0.25) is 4.79 Å². The Morgan fingerprint density at radius 3 is 2.93 bits per heavy atom. The topological polar surface area (TPSA) is 58.4 Å². The van der Waals surface area contributed by atoms with Gasteiger partial charge in [0.15, 0.2) is 0 Å². The first kappa shape index (κ1) is 11.5. The fourth-order valence-electron chi connectivity index (χ4n) is 1.86. The molecule has 0 aliphatic carbocycles. The number of nitrogens with one attached hydrogen (secondary N) is 1. The van der Waals surface area contributed by atoms with E-state index in [9.17, 15) is 4.79 Å². The predicted molar refractivity (Wildman–Crippen MR) is 56.9 cm³/mol. The lowest BCUT2D eigenvalue weighted by Gasteiger charge is -2.24. The van der Waals surface area contributed by atoms with E-state index in [1.54, 1.807) is 0 Å². The van der Waals surface area contributed by atoms with Gasteiger partial charge in [-0.2, -0.15) is 0 Å². The van der Waals surface area contributed by atoms with Crippen LogP contribution < -0.4 is 11.1 Å². The Morgan fingerprint density at radius 2 is 2.43 bits per heavy atom. The summed E-state index contributed by atoms with van der Waals surface area (Å²) in [6.07, 6.45) is 2.22. The highest BCUT2D eigenvalue weighted by Gasteiger charge is 2.28. The third-order valence-electron chi connectivity index (χ3n) is 2.77. The van der Waals surface area contributed by atoms with Gasteiger partial charge >= 0.3 is 0 Å². The molecule has 1 rings (SSSR count). The SMILES string of the molecule is CCNCC(N)C(=O)N1CCC[C@H]1C. The summed E-state index contributed by atoms with van der Waals surface area (Å²) < 4.78 is 0. The Balaban J connectivity index is 2.39. The first-order valence-corrected chi connectivity index (χ1v) is 5.43. The second-order valence-electron chi connectivity index (χ2n) is 3.94. The number of hydrogen-bond donors (Lipinski definition) is 2. The summed E-state index contributed by atoms with van der Waals surface area (Å²) in [5, 5.41) is 3.09. The fraction of sp³-hybridized carbons (Fsp3) is 0.900. The second kappa shape index (κ2) is 5.32. The number of nitrogens with zero attached hydrogens (tertiary/aromatic N) is 1. The van der Waals surface area contributed by atoms with Crippen LogP contribution in [0.25, 0.3) is 0 Å². The molecule has 0 aromatic carbocycles. The van der Waals surface area contributed by atoms with Crippen LogP contribution in [0.3, 0.4) is 0 Å². The molecule has 3 N–H and O–H groups in total. The molecule has 0 bridgehead atoms. The first-order chi connectivity index (χ1) is 6.66. The van der Waals surface area contributed by atoms with E-state index in [1.807, 2.05) is 11.8 Å². The first-order valence-electron chi connectivity index (χ1n) is 5.43. The van der Waals surface area contributed by atoms with Crippen molar-refractivity contribution in [1.82, 2.24) is 10.2 Å². The van der Waals surface area contributed by atoms with Crippen molar-refractivity contribution >= 4 is 5.91 Å². The van der Waals surface area contributed by atoms with Gasteiger partial charge in [-0.25, -0.2) is 0 Å². The molecule has 1 heterocycles. The van der Waals surface area contributed by atoms with Gasteiger partial charge in [0.05, 0.1) is 6.04 Å². The largest absolute Gasteiger partial charge is 0.339 e. The molecule has 1 amide bonds. The average Bonchev–Trinajstić information content (AvgIpc) is 2.59. The molecule has 1 aliphatic heterocycles. The molecule has 0 saturated carbocycles. The molecule has 14 heavy (non-hydrogen) atoms. The van der Waals surface area contributed by atoms with Crippen LogP contribution in [0.2, 0.25) is 0 Å². The number of amides is 1. The van der Waals surface area contributed by atoms with Gasteiger partial charge in [-0.05, 0) is 26.3 Å². The summed E-state index contributed by atoms with van der Waals surface area (Å²) in [5.41, 5.74) is 5.79. The highest BCUT2D eigenvalue weighted by molar-refractivity contribution is 5.82. The summed E-state index contributed by atoms with van der Waals surface area (Å²) in [7, 11) is 0. The maximum absolute atomic E-state index is 11.8. The summed E-state index contributed by atoms with van der Waals surface area (Å²) >= 11 is 0. The van der Waals surface area contributed by atoms with Gasteiger partial charge in [-0.15, -0.1) is 0 Å². The van der Waals surface area contributed by atoms with E-state index in [4.69, 9.17) is 5.73 Å². The van der Waals surface area contributed by atoms with Crippen LogP contribution >= 0.6 is 0 Å². The molecule has 82 valence electrons. The van der Waals surface area contributed by atoms with Crippen molar-refractivity contribution in [3.05, 3.63) is 0 Å². The molecule has 4 nitrogen and oxygen atoms in total. The molecule has 1 saturated heterocycles. The third-order valence-corrected chi connectivity index (χ3v) is 2.77. The molecule has 0 spiro atoms. The Kier molecular flexibility index (Phi) is 4.35. The zero-order valence-electron chi connectivity index (χ0n) is 9.12. The van der Waals surface area contributed by atoms with Gasteiger partial charge in [0, 0.05) is 19.1 Å². The minimum atomic E-state index is -0.379. The van der Waals surface area contributed by atoms with E-state index in [2.05, 4.69) is 12.2 Å². The molecule has 1 unspecified atom stereocenters. The zero-order chi connectivity index (χ0) is 10.6. The summed E-state index contributed by atoms with van der Waals surface area (Å²) in [4.78, 5) is 13.7. The zero-order valence-corrected chi connectivity index (χ0v) is 9.12. The van der Waals surface area contributed by atoms with Crippen molar-refractivity contribution in [2.75, 3.05) is 19.6 Å². The highest BCUT2D eigenvalue weighted by Crippen LogP contribution is 2.16. The number of likely N-dealkylation sites (N-methyl/N-ethyl adjacent to an activating group) is 1. The summed E-state index contributed by atoms with van der Waals surface area (Å²) in [6.45, 7) is 6.41. The molecule has 1 fully saturated rings. The van der Waals surface area contributed by atoms with Crippen molar-refractivity contribution in [2.45, 2.75) is 38.8 Å². The van der Waals surface area contributed by atoms with Crippen LogP contribution in [0.5, 0.6) is 0 Å². The maximum Gasteiger partial charge on any atom is 0.241 e. The van der Waals surface area contributed by atoms with Gasteiger partial charge < -0.3 is 16.0 Å². The Morgan fingerprint density at radius 1 is 1.71 bits per heavy atom. The van der Waals surface area contributed by atoms with Gasteiger partial charge in [0.1, 0.15) is 0 Å². The van der Waals surface area contributed by atoms with Crippen molar-refractivity contribution in [2.24, 2.45) is 5.73 Å². The Labute approximate surface area is 85.8 Å². The molecule has 1 aliphatic rings. The van der Waals surface area contributed by atoms with Crippen molar-refractivity contribution in [1.29, 1.82) is 0 Å². The smallest absolute Gasteiger partial charge is 0.241 e. The number of hydrogen-bond acceptors (Lipinski definition) is 3. The van der Waals surface area contributed by atoms with E-state index in [0.29, 0.717) is 12.6 Å². The molecular weight excluding hydrogens is 178 g/mol. The summed E-state index contributed by atoms with van der Waals surface area (Å²) in [6, 6.07) is -0.00863. The number of rotatable bonds is 4. The summed E-state index contributed by atoms with van der Waals surface area (Å²) in [5.74, 6) is 0.0935. The van der Waals surface area contributed by atoms with E-state index in [-0.39, 0.29) is 11.9 Å². The minimum absolute atomic E-state index is 0.0935. The van der Waals surface area contributed by atoms with Crippen LogP contribution in [-0.4, -0.2) is 42.5 Å². The van der Waals surface area contributed by atoms with Crippen LogP contribution in [0.4, 0.5) is 0 Å². The maximum atomic E-state index is 11.8. The number of carbonyl (C=O) groups is 1. The quantitative estimate of drug-likeness (QED) is 0.666. The highest BCUT2D eigenvalue weighted by atomic mass is 16.2. The number of likely N-dealkylation sites (tertiary alicyclic amines) is 1. The molecule has 4 heteroatoms. The van der Waals surface area contributed by atoms with Crippen molar-refractivity contribution in [3.8, 4) is 0 Å². The number of nitrogens with two attached hydrogens (primary N) is 1. The third kappa shape index (κ3) is 2.69. The molecule has 0 radical (unpaired) electrons. The van der Waals surface area contributed by atoms with Crippen LogP contribution in [-0.2, 0) is 4.79 Å². The van der Waals surface area contributed by atoms with Crippen molar-refractivity contribution < 1.29 is 4.79 Å². The van der Waals surface area contributed by atoms with E-state index in [1.165, 1.54) is 0 Å². The fourth-order valence-corrected chi connectivity index (χ4v) is 1.86. The van der Waals surface area contributed by atoms with Gasteiger partial charge in [0.25, 0.3) is 0 Å². The molecule has 2 atom stereocenters. The van der Waals surface area contributed by atoms with Gasteiger partial charge in [0.2, 0.25) is 5.91 Å². The Bertz CT molecular complexity index is 196. The normalized spacial score (nSPS) is 23.9. The van der Waals surface area contributed by atoms with E-state index < -0.39 is 0 Å². The minimum Gasteiger partial charge on any atom is -0.339 e. The molecular formula is C10H21N3O. The number of carbonyl (C=O) groups excluding carboxylic acids is 1. The molecule has 0 aromatic heterocycles. The van der Waals surface area contributed by atoms with Crippen molar-refractivity contribution in [3.63, 3.8) is 0 Å². The van der Waals surface area contributed by atoms with Gasteiger partial charge in [-0.1, -0.05) is 6.92 Å². The second-order valence-corrected chi connectivity index (χ2v) is 3.94. The lowest BCUT2D eigenvalue weighted by atomic mass is 10.2.